The molecule has 0 aromatic carbocycles. The molecule has 2 saturated heterocycles. The Bertz CT molecular complexity index is 1400. The number of hydrogen-bond acceptors (Lipinski definition) is 13. The predicted molar refractivity (Wildman–Crippen MR) is 195 cm³/mol. The van der Waals surface area contributed by atoms with Gasteiger partial charge in [0, 0.05) is 12.3 Å². The van der Waals surface area contributed by atoms with Gasteiger partial charge in [-0.1, -0.05) is 46.3 Å². The van der Waals surface area contributed by atoms with Gasteiger partial charge < -0.3 is 59.8 Å². The summed E-state index contributed by atoms with van der Waals surface area (Å²) in [6, 6.07) is 0. The zero-order valence-electron chi connectivity index (χ0n) is 33.4. The Morgan fingerprint density at radius 2 is 1.52 bits per heavy atom. The molecule has 310 valence electrons. The minimum absolute atomic E-state index is 0.0208. The first kappa shape index (κ1) is 42.5. The van der Waals surface area contributed by atoms with Gasteiger partial charge in [-0.15, -0.1) is 0 Å². The maximum Gasteiger partial charge on any atom is 0.187 e. The minimum atomic E-state index is -1.68. The van der Waals surface area contributed by atoms with Gasteiger partial charge in [0.25, 0.3) is 0 Å². The van der Waals surface area contributed by atoms with E-state index >= 15 is 0 Å². The highest BCUT2D eigenvalue weighted by molar-refractivity contribution is 5.84. The molecule has 6 aliphatic rings. The third-order valence-electron chi connectivity index (χ3n) is 15.9. The maximum absolute atomic E-state index is 14.8. The molecule has 0 aromatic heterocycles. The van der Waals surface area contributed by atoms with E-state index in [0.29, 0.717) is 38.5 Å². The molecule has 0 amide bonds. The van der Waals surface area contributed by atoms with Gasteiger partial charge in [-0.25, -0.2) is 0 Å². The zero-order valence-corrected chi connectivity index (χ0v) is 33.4. The van der Waals surface area contributed by atoms with Crippen molar-refractivity contribution in [2.45, 2.75) is 180 Å². The second kappa shape index (κ2) is 14.9. The number of Topliss-reactive ketones (excluding diaryl/α,β-unsaturated/α-hetero) is 1. The first-order valence-corrected chi connectivity index (χ1v) is 20.2. The molecule has 54 heavy (non-hydrogen) atoms. The van der Waals surface area contributed by atoms with E-state index in [9.17, 15) is 45.6 Å². The van der Waals surface area contributed by atoms with Crippen molar-refractivity contribution in [3.05, 3.63) is 11.6 Å². The van der Waals surface area contributed by atoms with Crippen molar-refractivity contribution in [3.63, 3.8) is 0 Å². The Balaban J connectivity index is 1.28. The van der Waals surface area contributed by atoms with Gasteiger partial charge >= 0.3 is 0 Å². The van der Waals surface area contributed by atoms with E-state index in [1.807, 2.05) is 20.8 Å². The van der Waals surface area contributed by atoms with Crippen LogP contribution in [0.2, 0.25) is 0 Å². The summed E-state index contributed by atoms with van der Waals surface area (Å²) in [5.41, 5.74) is -1.63. The van der Waals surface area contributed by atoms with Crippen LogP contribution in [0.1, 0.15) is 107 Å². The Kier molecular flexibility index (Phi) is 11.8. The molecule has 0 radical (unpaired) electrons. The van der Waals surface area contributed by atoms with E-state index < -0.39 is 96.5 Å². The topological polar surface area (TPSA) is 216 Å². The molecule has 4 aliphatic carbocycles. The fraction of sp³-hybridized carbons (Fsp3) is 0.927. The van der Waals surface area contributed by atoms with Crippen molar-refractivity contribution in [1.29, 1.82) is 0 Å². The first-order chi connectivity index (χ1) is 25.0. The van der Waals surface area contributed by atoms with Gasteiger partial charge in [0.2, 0.25) is 0 Å². The lowest BCUT2D eigenvalue weighted by Gasteiger charge is -2.70. The fourth-order valence-electron chi connectivity index (χ4n) is 12.8. The fourth-order valence-corrected chi connectivity index (χ4v) is 12.8. The van der Waals surface area contributed by atoms with Crippen LogP contribution in [-0.4, -0.2) is 133 Å². The second-order valence-electron chi connectivity index (χ2n) is 19.7. The summed E-state index contributed by atoms with van der Waals surface area (Å²) in [6.45, 7) is 16.1. The number of hydrogen-bond donors (Lipinski definition) is 8. The van der Waals surface area contributed by atoms with Gasteiger partial charge in [-0.05, 0) is 105 Å². The lowest BCUT2D eigenvalue weighted by molar-refractivity contribution is -0.344. The Hall–Kier alpha value is -1.07. The highest BCUT2D eigenvalue weighted by Crippen LogP contribution is 2.75. The monoisotopic (exact) mass is 768 g/mol. The number of allylic oxidation sites excluding steroid dienone is 2. The molecule has 0 spiro atoms. The molecule has 0 aromatic rings. The molecule has 13 nitrogen and oxygen atoms in total. The summed E-state index contributed by atoms with van der Waals surface area (Å²) in [6.07, 6.45) is -7.57. The third-order valence-corrected chi connectivity index (χ3v) is 15.9. The van der Waals surface area contributed by atoms with E-state index in [1.54, 1.807) is 0 Å². The number of fused-ring (bicyclic) bond motifs is 5. The number of ketones is 1. The number of aliphatic hydroxyl groups excluding tert-OH is 8. The zero-order chi connectivity index (χ0) is 39.9. The molecule has 4 saturated carbocycles. The van der Waals surface area contributed by atoms with Crippen LogP contribution in [0.5, 0.6) is 0 Å². The van der Waals surface area contributed by atoms with E-state index in [2.05, 4.69) is 40.7 Å². The molecule has 6 fully saturated rings. The van der Waals surface area contributed by atoms with E-state index in [4.69, 9.17) is 18.9 Å². The second-order valence-corrected chi connectivity index (χ2v) is 19.7. The summed E-state index contributed by atoms with van der Waals surface area (Å²) >= 11 is 0. The molecule has 0 bridgehead atoms. The van der Waals surface area contributed by atoms with Crippen LogP contribution >= 0.6 is 0 Å². The van der Waals surface area contributed by atoms with Crippen molar-refractivity contribution in [2.24, 2.45) is 45.3 Å². The lowest BCUT2D eigenvalue weighted by atomic mass is 9.34. The average molecular weight is 769 g/mol. The quantitative estimate of drug-likeness (QED) is 0.158. The van der Waals surface area contributed by atoms with Crippen LogP contribution < -0.4 is 0 Å². The van der Waals surface area contributed by atoms with Gasteiger partial charge in [0.15, 0.2) is 12.6 Å². The van der Waals surface area contributed by atoms with E-state index in [0.717, 1.165) is 18.4 Å². The largest absolute Gasteiger partial charge is 0.393 e. The van der Waals surface area contributed by atoms with Crippen molar-refractivity contribution in [2.75, 3.05) is 13.2 Å². The molecule has 19 unspecified atom stereocenters. The molecular weight excluding hydrogens is 700 g/mol. The van der Waals surface area contributed by atoms with Crippen molar-refractivity contribution >= 4 is 5.78 Å². The number of aliphatic hydroxyl groups is 8. The van der Waals surface area contributed by atoms with Gasteiger partial charge in [-0.3, -0.25) is 4.79 Å². The SMILES string of the molecule is CC(C)=CCCC(C)(OC1OC(COC2OCC(O)C(O)C2O)C(O)C(O)C1O)C1CCC2(C)C1C(=O)CC1C3(C)CCC(O)C(C)(C)C3C(O)CC12C. The summed E-state index contributed by atoms with van der Waals surface area (Å²) in [5, 5.41) is 86.6. The van der Waals surface area contributed by atoms with Crippen LogP contribution in [0.15, 0.2) is 11.6 Å². The van der Waals surface area contributed by atoms with E-state index in [-0.39, 0.29) is 41.0 Å². The van der Waals surface area contributed by atoms with Crippen LogP contribution in [0.3, 0.4) is 0 Å². The summed E-state index contributed by atoms with van der Waals surface area (Å²) < 4.78 is 23.9. The smallest absolute Gasteiger partial charge is 0.187 e. The van der Waals surface area contributed by atoms with Gasteiger partial charge in [0.1, 0.15) is 48.5 Å². The van der Waals surface area contributed by atoms with Crippen molar-refractivity contribution < 1.29 is 64.6 Å². The molecule has 2 aliphatic heterocycles. The van der Waals surface area contributed by atoms with Crippen LogP contribution in [-0.2, 0) is 23.7 Å². The van der Waals surface area contributed by atoms with Crippen LogP contribution in [0.4, 0.5) is 0 Å². The lowest BCUT2D eigenvalue weighted by Crippen LogP contribution is -2.69. The predicted octanol–water partition coefficient (Wildman–Crippen LogP) is 1.97. The third kappa shape index (κ3) is 6.77. The van der Waals surface area contributed by atoms with Crippen LogP contribution in [0, 0.1) is 45.3 Å². The van der Waals surface area contributed by atoms with Crippen molar-refractivity contribution in [1.82, 2.24) is 0 Å². The molecular formula is C41H68O13. The first-order valence-electron chi connectivity index (χ1n) is 20.2. The molecule has 2 heterocycles. The summed E-state index contributed by atoms with van der Waals surface area (Å²) in [4.78, 5) is 14.8. The molecule has 13 heteroatoms. The highest BCUT2D eigenvalue weighted by atomic mass is 16.7. The molecule has 6 rings (SSSR count). The normalized spacial score (nSPS) is 51.4. The van der Waals surface area contributed by atoms with Crippen molar-refractivity contribution in [3.8, 4) is 0 Å². The highest BCUT2D eigenvalue weighted by Gasteiger charge is 2.73. The molecule has 19 atom stereocenters. The Labute approximate surface area is 320 Å². The van der Waals surface area contributed by atoms with Crippen LogP contribution in [0.25, 0.3) is 0 Å². The summed E-state index contributed by atoms with van der Waals surface area (Å²) in [5.74, 6) is -0.661. The average Bonchev–Trinajstić information content (AvgIpc) is 3.47. The summed E-state index contributed by atoms with van der Waals surface area (Å²) in [7, 11) is 0. The number of ether oxygens (including phenoxy) is 4. The number of rotatable bonds is 9. The molecule has 8 N–H and O–H groups in total. The van der Waals surface area contributed by atoms with E-state index in [1.165, 1.54) is 0 Å². The Morgan fingerprint density at radius 1 is 0.852 bits per heavy atom. The van der Waals surface area contributed by atoms with Gasteiger partial charge in [0.05, 0.1) is 31.0 Å². The van der Waals surface area contributed by atoms with Gasteiger partial charge in [-0.2, -0.15) is 0 Å². The standard InChI is InChI=1S/C41H68O13/c1-20(2)10-9-13-41(8,54-36-33(50)31(48)30(47)25(53-36)19-52-35-32(49)29(46)24(44)18-51-35)21-11-15-39(6)28(21)22(42)16-26-38(5)14-12-27(45)37(3,4)34(38)23(43)17-40(26,39)7/h10,21,23-36,43-50H,9,11-19H2,1-8H3. The Morgan fingerprint density at radius 3 is 2.19 bits per heavy atom. The minimum Gasteiger partial charge on any atom is -0.393 e. The number of carbonyl (C=O) groups is 1. The number of carbonyl (C=O) groups excluding carboxylic acids is 1. The maximum atomic E-state index is 14.8.